The van der Waals surface area contributed by atoms with E-state index in [1.807, 2.05) is 30.3 Å². The van der Waals surface area contributed by atoms with Gasteiger partial charge in [0.2, 0.25) is 0 Å². The van der Waals surface area contributed by atoms with Gasteiger partial charge in [-0.25, -0.2) is 4.98 Å². The molecule has 168 valence electrons. The first-order valence-corrected chi connectivity index (χ1v) is 10.7. The van der Waals surface area contributed by atoms with Gasteiger partial charge in [-0.3, -0.25) is 14.3 Å². The summed E-state index contributed by atoms with van der Waals surface area (Å²) >= 11 is 0. The fourth-order valence-corrected chi connectivity index (χ4v) is 3.95. The number of likely N-dealkylation sites (N-methyl/N-ethyl adjacent to an activating group) is 1. The molecule has 9 heteroatoms. The smallest absolute Gasteiger partial charge is 0.270 e. The summed E-state index contributed by atoms with van der Waals surface area (Å²) in [5.74, 6) is 0.384. The lowest BCUT2D eigenvalue weighted by Gasteiger charge is -2.24. The highest BCUT2D eigenvalue weighted by Gasteiger charge is 2.28. The highest BCUT2D eigenvalue weighted by atomic mass is 16.5. The first kappa shape index (κ1) is 21.8. The van der Waals surface area contributed by atoms with E-state index in [1.54, 1.807) is 21.2 Å². The molecule has 3 heterocycles. The summed E-state index contributed by atoms with van der Waals surface area (Å²) in [6, 6.07) is 9.99. The Kier molecular flexibility index (Phi) is 6.36. The number of carbonyl (C=O) groups is 2. The highest BCUT2D eigenvalue weighted by molar-refractivity contribution is 6.06. The summed E-state index contributed by atoms with van der Waals surface area (Å²) in [7, 11) is 4.93. The molecule has 0 unspecified atom stereocenters. The molecule has 2 amide bonds. The van der Waals surface area contributed by atoms with Crippen molar-refractivity contribution in [1.29, 1.82) is 0 Å². The number of carbonyl (C=O) groups excluding carboxylic acids is 2. The number of ether oxygens (including phenoxy) is 1. The van der Waals surface area contributed by atoms with Crippen LogP contribution in [0.2, 0.25) is 0 Å². The Morgan fingerprint density at radius 1 is 1.28 bits per heavy atom. The Bertz CT molecular complexity index is 1100. The summed E-state index contributed by atoms with van der Waals surface area (Å²) in [4.78, 5) is 32.2. The molecular formula is C23H28N6O3. The molecule has 0 bridgehead atoms. The van der Waals surface area contributed by atoms with E-state index in [0.717, 1.165) is 30.0 Å². The first-order chi connectivity index (χ1) is 15.5. The third-order valence-electron chi connectivity index (χ3n) is 5.77. The van der Waals surface area contributed by atoms with Crippen molar-refractivity contribution in [2.24, 2.45) is 7.05 Å². The summed E-state index contributed by atoms with van der Waals surface area (Å²) in [5, 5.41) is 7.23. The van der Waals surface area contributed by atoms with Crippen LogP contribution >= 0.6 is 0 Å². The van der Waals surface area contributed by atoms with E-state index in [1.165, 1.54) is 15.8 Å². The van der Waals surface area contributed by atoms with E-state index in [9.17, 15) is 9.59 Å². The van der Waals surface area contributed by atoms with Crippen LogP contribution in [0.1, 0.15) is 33.1 Å². The Labute approximate surface area is 187 Å². The fraction of sp³-hybridized carbons (Fsp3) is 0.391. The first-order valence-electron chi connectivity index (χ1n) is 10.7. The van der Waals surface area contributed by atoms with E-state index in [4.69, 9.17) is 9.72 Å². The lowest BCUT2D eigenvalue weighted by Crippen LogP contribution is -2.41. The predicted molar refractivity (Wildman–Crippen MR) is 119 cm³/mol. The number of imidazole rings is 1. The zero-order valence-electron chi connectivity index (χ0n) is 18.6. The van der Waals surface area contributed by atoms with Crippen molar-refractivity contribution < 1.29 is 14.3 Å². The van der Waals surface area contributed by atoms with Crippen molar-refractivity contribution in [1.82, 2.24) is 29.5 Å². The van der Waals surface area contributed by atoms with Gasteiger partial charge in [-0.1, -0.05) is 30.3 Å². The standard InChI is InChI=1S/C23H28N6O3/c1-27(11-12-32-3)23(31)18-14-24-28(2)21(18)22(30)25-17-9-10-29-15-19(26-20(29)13-17)16-7-5-4-6-8-16/h4-8,14-15,17H,9-13H2,1-3H3,(H,25,30)/t17-/m1/s1. The van der Waals surface area contributed by atoms with Crippen molar-refractivity contribution in [3.05, 3.63) is 59.8 Å². The van der Waals surface area contributed by atoms with Crippen LogP contribution in [-0.2, 0) is 24.8 Å². The van der Waals surface area contributed by atoms with Gasteiger partial charge in [0.1, 0.15) is 11.5 Å². The van der Waals surface area contributed by atoms with Gasteiger partial charge >= 0.3 is 0 Å². The summed E-state index contributed by atoms with van der Waals surface area (Å²) in [6.45, 7) is 1.63. The number of nitrogens with one attached hydrogen (secondary N) is 1. The second kappa shape index (κ2) is 9.35. The van der Waals surface area contributed by atoms with E-state index in [0.29, 0.717) is 19.6 Å². The molecule has 1 atom stereocenters. The van der Waals surface area contributed by atoms with Crippen LogP contribution in [0.4, 0.5) is 0 Å². The molecule has 1 aliphatic rings. The second-order valence-corrected chi connectivity index (χ2v) is 8.01. The Hall–Kier alpha value is -3.46. The molecule has 0 fully saturated rings. The quantitative estimate of drug-likeness (QED) is 0.609. The monoisotopic (exact) mass is 436 g/mol. The number of aryl methyl sites for hydroxylation is 2. The molecule has 3 aromatic rings. The molecule has 0 radical (unpaired) electrons. The summed E-state index contributed by atoms with van der Waals surface area (Å²) in [5.41, 5.74) is 2.56. The zero-order chi connectivity index (χ0) is 22.7. The second-order valence-electron chi connectivity index (χ2n) is 8.01. The van der Waals surface area contributed by atoms with Gasteiger partial charge in [-0.15, -0.1) is 0 Å². The maximum Gasteiger partial charge on any atom is 0.270 e. The maximum absolute atomic E-state index is 13.1. The Morgan fingerprint density at radius 2 is 2.06 bits per heavy atom. The average Bonchev–Trinajstić information content (AvgIpc) is 3.40. The number of rotatable bonds is 7. The number of fused-ring (bicyclic) bond motifs is 1. The Balaban J connectivity index is 1.46. The van der Waals surface area contributed by atoms with Crippen LogP contribution < -0.4 is 5.32 Å². The number of benzene rings is 1. The molecule has 4 rings (SSSR count). The van der Waals surface area contributed by atoms with Crippen molar-refractivity contribution >= 4 is 11.8 Å². The van der Waals surface area contributed by atoms with Crippen molar-refractivity contribution in [2.75, 3.05) is 27.3 Å². The Morgan fingerprint density at radius 3 is 2.81 bits per heavy atom. The molecule has 0 saturated heterocycles. The largest absolute Gasteiger partial charge is 0.383 e. The molecule has 1 aromatic carbocycles. The van der Waals surface area contributed by atoms with Crippen molar-refractivity contribution in [2.45, 2.75) is 25.4 Å². The molecule has 0 spiro atoms. The molecule has 9 nitrogen and oxygen atoms in total. The molecule has 2 aromatic heterocycles. The van der Waals surface area contributed by atoms with E-state index < -0.39 is 0 Å². The number of aromatic nitrogens is 4. The van der Waals surface area contributed by atoms with Crippen LogP contribution in [-0.4, -0.2) is 69.4 Å². The van der Waals surface area contributed by atoms with Gasteiger partial charge in [0.25, 0.3) is 11.8 Å². The minimum Gasteiger partial charge on any atom is -0.383 e. The minimum atomic E-state index is -0.304. The van der Waals surface area contributed by atoms with Crippen molar-refractivity contribution in [3.8, 4) is 11.3 Å². The molecular weight excluding hydrogens is 408 g/mol. The summed E-state index contributed by atoms with van der Waals surface area (Å²) in [6.07, 6.45) is 4.93. The van der Waals surface area contributed by atoms with E-state index >= 15 is 0 Å². The average molecular weight is 437 g/mol. The number of nitrogens with zero attached hydrogens (tertiary/aromatic N) is 5. The number of hydrogen-bond donors (Lipinski definition) is 1. The molecule has 32 heavy (non-hydrogen) atoms. The van der Waals surface area contributed by atoms with Crippen molar-refractivity contribution in [3.63, 3.8) is 0 Å². The molecule has 1 aliphatic heterocycles. The molecule has 0 aliphatic carbocycles. The zero-order valence-corrected chi connectivity index (χ0v) is 18.6. The molecule has 1 N–H and O–H groups in total. The fourth-order valence-electron chi connectivity index (χ4n) is 3.95. The number of hydrogen-bond acceptors (Lipinski definition) is 5. The van der Waals surface area contributed by atoms with Gasteiger partial charge < -0.3 is 19.5 Å². The van der Waals surface area contributed by atoms with Gasteiger partial charge in [0, 0.05) is 58.5 Å². The highest BCUT2D eigenvalue weighted by Crippen LogP contribution is 2.23. The van der Waals surface area contributed by atoms with Gasteiger partial charge in [0.05, 0.1) is 24.1 Å². The topological polar surface area (TPSA) is 94.3 Å². The lowest BCUT2D eigenvalue weighted by atomic mass is 10.1. The van der Waals surface area contributed by atoms with Crippen LogP contribution in [0.25, 0.3) is 11.3 Å². The third kappa shape index (κ3) is 4.43. The van der Waals surface area contributed by atoms with Crippen LogP contribution in [0.5, 0.6) is 0 Å². The van der Waals surface area contributed by atoms with Gasteiger partial charge in [-0.05, 0) is 6.42 Å². The van der Waals surface area contributed by atoms with E-state index in [2.05, 4.69) is 21.2 Å². The van der Waals surface area contributed by atoms with Gasteiger partial charge in [-0.2, -0.15) is 5.10 Å². The minimum absolute atomic E-state index is 0.0647. The summed E-state index contributed by atoms with van der Waals surface area (Å²) < 4.78 is 8.63. The maximum atomic E-state index is 13.1. The molecule has 0 saturated carbocycles. The number of methoxy groups -OCH3 is 1. The lowest BCUT2D eigenvalue weighted by molar-refractivity contribution is 0.0737. The van der Waals surface area contributed by atoms with E-state index in [-0.39, 0.29) is 29.1 Å². The predicted octanol–water partition coefficient (Wildman–Crippen LogP) is 1.75. The van der Waals surface area contributed by atoms with Crippen LogP contribution in [0, 0.1) is 0 Å². The SMILES string of the molecule is COCCN(C)C(=O)c1cnn(C)c1C(=O)N[C@@H]1CCn2cc(-c3ccccc3)nc2C1. The third-order valence-corrected chi connectivity index (χ3v) is 5.77. The normalized spacial score (nSPS) is 15.3. The van der Waals surface area contributed by atoms with Crippen LogP contribution in [0.15, 0.2) is 42.7 Å². The van der Waals surface area contributed by atoms with Gasteiger partial charge in [0.15, 0.2) is 0 Å². The number of amides is 2. The van der Waals surface area contributed by atoms with Crippen LogP contribution in [0.3, 0.4) is 0 Å².